The average molecular weight is 361 g/mol. The van der Waals surface area contributed by atoms with Gasteiger partial charge in [-0.3, -0.25) is 0 Å². The van der Waals surface area contributed by atoms with Crippen molar-refractivity contribution >= 4 is 48.4 Å². The summed E-state index contributed by atoms with van der Waals surface area (Å²) in [7, 11) is 0. The minimum atomic E-state index is -0.241. The molecule has 0 aromatic heterocycles. The van der Waals surface area contributed by atoms with E-state index in [1.54, 1.807) is 17.8 Å². The van der Waals surface area contributed by atoms with E-state index in [4.69, 9.17) is 4.74 Å². The number of esters is 1. The van der Waals surface area contributed by atoms with Crippen molar-refractivity contribution in [2.45, 2.75) is 6.92 Å². The molecule has 0 saturated heterocycles. The molecule has 0 saturated carbocycles. The van der Waals surface area contributed by atoms with Gasteiger partial charge in [-0.1, -0.05) is 0 Å². The van der Waals surface area contributed by atoms with E-state index in [0.717, 1.165) is 3.80 Å². The number of fused-ring (bicyclic) bond motifs is 1. The molecule has 2 nitrogen and oxygen atoms in total. The third kappa shape index (κ3) is 3.41. The summed E-state index contributed by atoms with van der Waals surface area (Å²) in [4.78, 5) is 15.0. The monoisotopic (exact) mass is 362 g/mol. The Kier molecular flexibility index (Phi) is 4.49. The van der Waals surface area contributed by atoms with E-state index in [1.165, 1.54) is 21.2 Å². The quantitative estimate of drug-likeness (QED) is 0.470. The van der Waals surface area contributed by atoms with Crippen LogP contribution >= 0.6 is 11.8 Å². The Hall–Kier alpha value is -1.48. The van der Waals surface area contributed by atoms with Crippen LogP contribution in [0.1, 0.15) is 12.5 Å². The van der Waals surface area contributed by atoms with Gasteiger partial charge >= 0.3 is 134 Å². The molecule has 4 heteroatoms. The van der Waals surface area contributed by atoms with Crippen LogP contribution in [0.3, 0.4) is 0 Å². The van der Waals surface area contributed by atoms with Crippen LogP contribution in [-0.2, 0) is 9.53 Å². The molecule has 0 radical (unpaired) electrons. The second kappa shape index (κ2) is 6.52. The molecule has 0 aliphatic carbocycles. The summed E-state index contributed by atoms with van der Waals surface area (Å²) in [5.74, 6) is -0.241. The fourth-order valence-corrected chi connectivity index (χ4v) is 5.56. The normalized spacial score (nSPS) is 16.2. The molecule has 3 rings (SSSR count). The van der Waals surface area contributed by atoms with Gasteiger partial charge in [0.05, 0.1) is 0 Å². The fourth-order valence-electron chi connectivity index (χ4n) is 2.08. The predicted octanol–water partition coefficient (Wildman–Crippen LogP) is 3.99. The molecule has 21 heavy (non-hydrogen) atoms. The van der Waals surface area contributed by atoms with Crippen molar-refractivity contribution in [2.75, 3.05) is 6.61 Å². The number of thioether (sulfide) groups is 1. The number of rotatable bonds is 3. The Balaban J connectivity index is 1.80. The van der Waals surface area contributed by atoms with Crippen LogP contribution in [0.4, 0.5) is 0 Å². The van der Waals surface area contributed by atoms with Crippen molar-refractivity contribution in [1.82, 2.24) is 0 Å². The molecule has 1 aliphatic heterocycles. The zero-order chi connectivity index (χ0) is 14.7. The number of benzene rings is 2. The SMILES string of the molecule is CCOC(=O)/C=C1/SC(c2ccc3ccccc3c2)=C[Se]1. The second-order valence-electron chi connectivity index (χ2n) is 4.48. The molecule has 1 heterocycles. The summed E-state index contributed by atoms with van der Waals surface area (Å²) in [5.41, 5.74) is 1.22. The molecule has 1 aliphatic rings. The molecule has 0 amide bonds. The van der Waals surface area contributed by atoms with Gasteiger partial charge in [-0.05, 0) is 0 Å². The fraction of sp³-hybridized carbons (Fsp3) is 0.118. The predicted molar refractivity (Wildman–Crippen MR) is 90.0 cm³/mol. The Labute approximate surface area is 134 Å². The van der Waals surface area contributed by atoms with Crippen molar-refractivity contribution in [3.8, 4) is 0 Å². The molecular formula is C17H14O2SSe. The third-order valence-corrected chi connectivity index (χ3v) is 6.78. The number of ether oxygens (including phenoxy) is 1. The van der Waals surface area contributed by atoms with E-state index >= 15 is 0 Å². The summed E-state index contributed by atoms with van der Waals surface area (Å²) < 4.78 is 6.06. The van der Waals surface area contributed by atoms with E-state index in [-0.39, 0.29) is 20.9 Å². The molecule has 0 bridgehead atoms. The van der Waals surface area contributed by atoms with Crippen molar-refractivity contribution in [3.63, 3.8) is 0 Å². The molecule has 0 spiro atoms. The van der Waals surface area contributed by atoms with Crippen LogP contribution < -0.4 is 0 Å². The van der Waals surface area contributed by atoms with E-state index in [9.17, 15) is 4.79 Å². The molecular weight excluding hydrogens is 347 g/mol. The van der Waals surface area contributed by atoms with Gasteiger partial charge in [-0.25, -0.2) is 0 Å². The average Bonchev–Trinajstić information content (AvgIpc) is 2.95. The number of hydrogen-bond donors (Lipinski definition) is 0. The van der Waals surface area contributed by atoms with Crippen molar-refractivity contribution in [2.24, 2.45) is 0 Å². The summed E-state index contributed by atoms with van der Waals surface area (Å²) in [6.07, 6.45) is 1.62. The van der Waals surface area contributed by atoms with Crippen LogP contribution in [0, 0.1) is 0 Å². The summed E-state index contributed by atoms with van der Waals surface area (Å²) in [6, 6.07) is 14.8. The number of hydrogen-bond acceptors (Lipinski definition) is 3. The topological polar surface area (TPSA) is 26.3 Å². The van der Waals surface area contributed by atoms with E-state index in [0.29, 0.717) is 6.61 Å². The van der Waals surface area contributed by atoms with Gasteiger partial charge < -0.3 is 0 Å². The maximum absolute atomic E-state index is 11.5. The summed E-state index contributed by atoms with van der Waals surface area (Å²) >= 11 is 1.90. The molecule has 106 valence electrons. The van der Waals surface area contributed by atoms with Gasteiger partial charge in [0.1, 0.15) is 0 Å². The molecule has 2 aromatic carbocycles. The first kappa shape index (κ1) is 14.5. The Morgan fingerprint density at radius 3 is 2.86 bits per heavy atom. The van der Waals surface area contributed by atoms with Crippen molar-refractivity contribution in [3.05, 3.63) is 62.9 Å². The van der Waals surface area contributed by atoms with Crippen molar-refractivity contribution in [1.29, 1.82) is 0 Å². The molecule has 2 aromatic rings. The Morgan fingerprint density at radius 1 is 1.24 bits per heavy atom. The standard InChI is InChI=1S/C17H14O2SSe/c1-2-19-16(18)10-17-20-15(11-21-17)14-8-7-12-5-3-4-6-13(12)9-14/h3-11H,2H2,1H3/b17-10-. The van der Waals surface area contributed by atoms with Crippen LogP contribution in [0.15, 0.2) is 57.3 Å². The molecule has 0 atom stereocenters. The number of carbonyl (C=O) groups is 1. The second-order valence-corrected chi connectivity index (χ2v) is 8.06. The summed E-state index contributed by atoms with van der Waals surface area (Å²) in [6.45, 7) is 2.24. The van der Waals surface area contributed by atoms with E-state index < -0.39 is 0 Å². The van der Waals surface area contributed by atoms with Gasteiger partial charge in [-0.15, -0.1) is 0 Å². The minimum absolute atomic E-state index is 0.221. The summed E-state index contributed by atoms with van der Waals surface area (Å²) in [5, 5.41) is 2.49. The van der Waals surface area contributed by atoms with Crippen LogP contribution in [0.2, 0.25) is 0 Å². The van der Waals surface area contributed by atoms with Gasteiger partial charge in [0, 0.05) is 0 Å². The molecule has 0 fully saturated rings. The van der Waals surface area contributed by atoms with Gasteiger partial charge in [0.2, 0.25) is 0 Å². The molecule has 0 unspecified atom stereocenters. The Morgan fingerprint density at radius 2 is 2.05 bits per heavy atom. The maximum atomic E-state index is 11.5. The Bertz CT molecular complexity index is 749. The first-order valence-corrected chi connectivity index (χ1v) is 9.35. The van der Waals surface area contributed by atoms with Crippen LogP contribution in [0.5, 0.6) is 0 Å². The third-order valence-electron chi connectivity index (χ3n) is 3.05. The molecule has 0 N–H and O–H groups in total. The first-order valence-electron chi connectivity index (χ1n) is 6.68. The van der Waals surface area contributed by atoms with Crippen molar-refractivity contribution < 1.29 is 9.53 Å². The first-order chi connectivity index (χ1) is 10.3. The van der Waals surface area contributed by atoms with Gasteiger partial charge in [0.25, 0.3) is 0 Å². The zero-order valence-electron chi connectivity index (χ0n) is 11.5. The van der Waals surface area contributed by atoms with Crippen LogP contribution in [-0.4, -0.2) is 27.5 Å². The van der Waals surface area contributed by atoms with E-state index in [1.807, 2.05) is 6.92 Å². The van der Waals surface area contributed by atoms with Gasteiger partial charge in [-0.2, -0.15) is 0 Å². The van der Waals surface area contributed by atoms with Crippen LogP contribution in [0.25, 0.3) is 15.7 Å². The van der Waals surface area contributed by atoms with Gasteiger partial charge in [0.15, 0.2) is 0 Å². The van der Waals surface area contributed by atoms with E-state index in [2.05, 4.69) is 47.4 Å². The number of carbonyl (C=O) groups excluding carboxylic acids is 1. The zero-order valence-corrected chi connectivity index (χ0v) is 14.1.